The predicted octanol–water partition coefficient (Wildman–Crippen LogP) is 2.08. The maximum absolute atomic E-state index is 12.3. The molecule has 6 nitrogen and oxygen atoms in total. The van der Waals surface area contributed by atoms with Crippen molar-refractivity contribution in [2.45, 2.75) is 13.2 Å². The number of benzene rings is 2. The van der Waals surface area contributed by atoms with Gasteiger partial charge in [-0.05, 0) is 24.3 Å². The zero-order valence-electron chi connectivity index (χ0n) is 13.1. The lowest BCUT2D eigenvalue weighted by Gasteiger charge is -2.12. The highest BCUT2D eigenvalue weighted by molar-refractivity contribution is 5.93. The molecule has 2 amide bonds. The lowest BCUT2D eigenvalue weighted by Crippen LogP contribution is -2.28. The van der Waals surface area contributed by atoms with Gasteiger partial charge in [0.15, 0.2) is 6.61 Å². The average Bonchev–Trinajstić information content (AvgIpc) is 2.59. The van der Waals surface area contributed by atoms with Gasteiger partial charge in [0, 0.05) is 17.7 Å². The van der Waals surface area contributed by atoms with Crippen LogP contribution in [0, 0.1) is 0 Å². The van der Waals surface area contributed by atoms with Gasteiger partial charge in [0.2, 0.25) is 5.91 Å². The quantitative estimate of drug-likeness (QED) is 0.763. The Kier molecular flexibility index (Phi) is 6.27. The molecule has 0 atom stereocenters. The number of hydrogen-bond donors (Lipinski definition) is 2. The smallest absolute Gasteiger partial charge is 0.387 e. The van der Waals surface area contributed by atoms with E-state index in [0.717, 1.165) is 0 Å². The number of nitrogens with two attached hydrogens (primary N) is 1. The van der Waals surface area contributed by atoms with Crippen molar-refractivity contribution in [3.63, 3.8) is 0 Å². The molecule has 25 heavy (non-hydrogen) atoms. The molecule has 0 aliphatic heterocycles. The summed E-state index contributed by atoms with van der Waals surface area (Å²) < 4.78 is 34.3. The summed E-state index contributed by atoms with van der Waals surface area (Å²) in [5, 5.41) is 2.54. The van der Waals surface area contributed by atoms with Gasteiger partial charge in [-0.15, -0.1) is 0 Å². The van der Waals surface area contributed by atoms with E-state index in [-0.39, 0.29) is 24.5 Å². The van der Waals surface area contributed by atoms with Crippen molar-refractivity contribution in [3.05, 3.63) is 59.7 Å². The lowest BCUT2D eigenvalue weighted by atomic mass is 10.2. The number of alkyl halides is 2. The first-order valence-electron chi connectivity index (χ1n) is 7.28. The first-order chi connectivity index (χ1) is 12.0. The lowest BCUT2D eigenvalue weighted by molar-refractivity contribution is -0.123. The summed E-state index contributed by atoms with van der Waals surface area (Å²) in [5.41, 5.74) is 5.83. The topological polar surface area (TPSA) is 90.7 Å². The molecule has 0 saturated heterocycles. The summed E-state index contributed by atoms with van der Waals surface area (Å²) in [6.07, 6.45) is 0. The van der Waals surface area contributed by atoms with Crippen molar-refractivity contribution >= 4 is 11.8 Å². The number of carbonyl (C=O) groups is 2. The number of amides is 2. The van der Waals surface area contributed by atoms with Crippen molar-refractivity contribution in [1.82, 2.24) is 5.32 Å². The number of halogens is 2. The Morgan fingerprint density at radius 3 is 2.60 bits per heavy atom. The molecule has 0 saturated carbocycles. The Bertz CT molecular complexity index is 753. The molecular weight excluding hydrogens is 334 g/mol. The fraction of sp³-hybridized carbons (Fsp3) is 0.176. The Morgan fingerprint density at radius 2 is 1.88 bits per heavy atom. The molecule has 2 aromatic carbocycles. The van der Waals surface area contributed by atoms with E-state index in [0.29, 0.717) is 11.3 Å². The van der Waals surface area contributed by atoms with Gasteiger partial charge in [0.05, 0.1) is 0 Å². The SMILES string of the molecule is NC(=O)c1cccc(OCC(=O)NCc2ccccc2OC(F)F)c1. The minimum atomic E-state index is -2.95. The summed E-state index contributed by atoms with van der Waals surface area (Å²) in [7, 11) is 0. The third-order valence-corrected chi connectivity index (χ3v) is 3.15. The van der Waals surface area contributed by atoms with E-state index in [4.69, 9.17) is 10.5 Å². The second kappa shape index (κ2) is 8.62. The molecule has 8 heteroatoms. The zero-order valence-corrected chi connectivity index (χ0v) is 13.1. The van der Waals surface area contributed by atoms with Gasteiger partial charge >= 0.3 is 6.61 Å². The largest absolute Gasteiger partial charge is 0.484 e. The normalized spacial score (nSPS) is 10.4. The molecule has 2 rings (SSSR count). The van der Waals surface area contributed by atoms with Crippen LogP contribution in [0.1, 0.15) is 15.9 Å². The highest BCUT2D eigenvalue weighted by Gasteiger charge is 2.10. The molecule has 0 aromatic heterocycles. The summed E-state index contributed by atoms with van der Waals surface area (Å²) >= 11 is 0. The first-order valence-corrected chi connectivity index (χ1v) is 7.28. The maximum Gasteiger partial charge on any atom is 0.387 e. The minimum absolute atomic E-state index is 0.00636. The molecule has 0 bridgehead atoms. The van der Waals surface area contributed by atoms with E-state index < -0.39 is 18.4 Å². The molecule has 0 unspecified atom stereocenters. The molecular formula is C17H16F2N2O4. The van der Waals surface area contributed by atoms with Gasteiger partial charge in [-0.3, -0.25) is 9.59 Å². The minimum Gasteiger partial charge on any atom is -0.484 e. The van der Waals surface area contributed by atoms with E-state index in [1.165, 1.54) is 18.2 Å². The van der Waals surface area contributed by atoms with Crippen molar-refractivity contribution in [3.8, 4) is 11.5 Å². The summed E-state index contributed by atoms with van der Waals surface area (Å²) in [4.78, 5) is 22.9. The second-order valence-electron chi connectivity index (χ2n) is 4.94. The van der Waals surface area contributed by atoms with Gasteiger partial charge in [0.1, 0.15) is 11.5 Å². The van der Waals surface area contributed by atoms with Gasteiger partial charge < -0.3 is 20.5 Å². The number of carbonyl (C=O) groups excluding carboxylic acids is 2. The van der Waals surface area contributed by atoms with Gasteiger partial charge in [0.25, 0.3) is 5.91 Å². The van der Waals surface area contributed by atoms with Crippen molar-refractivity contribution in [1.29, 1.82) is 0 Å². The van der Waals surface area contributed by atoms with Gasteiger partial charge in [-0.25, -0.2) is 0 Å². The van der Waals surface area contributed by atoms with Crippen molar-refractivity contribution < 1.29 is 27.8 Å². The molecule has 0 aliphatic rings. The third-order valence-electron chi connectivity index (χ3n) is 3.15. The number of hydrogen-bond acceptors (Lipinski definition) is 4. The van der Waals surface area contributed by atoms with Crippen LogP contribution in [0.3, 0.4) is 0 Å². The van der Waals surface area contributed by atoms with E-state index in [9.17, 15) is 18.4 Å². The molecule has 0 spiro atoms. The first kappa shape index (κ1) is 18.2. The Labute approximate surface area is 142 Å². The third kappa shape index (κ3) is 5.76. The summed E-state index contributed by atoms with van der Waals surface area (Å²) in [6, 6.07) is 12.2. The zero-order chi connectivity index (χ0) is 18.2. The van der Waals surface area contributed by atoms with Gasteiger partial charge in [-0.2, -0.15) is 8.78 Å². The van der Waals surface area contributed by atoms with Crippen LogP contribution >= 0.6 is 0 Å². The molecule has 3 N–H and O–H groups in total. The Balaban J connectivity index is 1.87. The summed E-state index contributed by atoms with van der Waals surface area (Å²) in [5.74, 6) is -0.761. The highest BCUT2D eigenvalue weighted by atomic mass is 19.3. The second-order valence-corrected chi connectivity index (χ2v) is 4.94. The Hall–Kier alpha value is -3.16. The van der Waals surface area contributed by atoms with Crippen LogP contribution in [0.25, 0.3) is 0 Å². The number of rotatable bonds is 8. The molecule has 0 heterocycles. The van der Waals surface area contributed by atoms with E-state index in [2.05, 4.69) is 10.1 Å². The van der Waals surface area contributed by atoms with Crippen molar-refractivity contribution in [2.24, 2.45) is 5.73 Å². The van der Waals surface area contributed by atoms with Crippen LogP contribution in [0.15, 0.2) is 48.5 Å². The van der Waals surface area contributed by atoms with E-state index >= 15 is 0 Å². The van der Waals surface area contributed by atoms with E-state index in [1.807, 2.05) is 0 Å². The molecule has 0 aliphatic carbocycles. The Morgan fingerprint density at radius 1 is 1.12 bits per heavy atom. The molecule has 2 aromatic rings. The van der Waals surface area contributed by atoms with Crippen LogP contribution in [0.5, 0.6) is 11.5 Å². The molecule has 132 valence electrons. The number of para-hydroxylation sites is 1. The van der Waals surface area contributed by atoms with Crippen molar-refractivity contribution in [2.75, 3.05) is 6.61 Å². The fourth-order valence-electron chi connectivity index (χ4n) is 1.99. The van der Waals surface area contributed by atoms with Gasteiger partial charge in [-0.1, -0.05) is 24.3 Å². The molecule has 0 fully saturated rings. The van der Waals surface area contributed by atoms with Crippen LogP contribution in [0.4, 0.5) is 8.78 Å². The van der Waals surface area contributed by atoms with Crippen LogP contribution in [-0.2, 0) is 11.3 Å². The van der Waals surface area contributed by atoms with E-state index in [1.54, 1.807) is 30.3 Å². The van der Waals surface area contributed by atoms with Crippen LogP contribution < -0.4 is 20.5 Å². The monoisotopic (exact) mass is 350 g/mol. The average molecular weight is 350 g/mol. The van der Waals surface area contributed by atoms with Crippen LogP contribution in [-0.4, -0.2) is 25.0 Å². The number of primary amides is 1. The fourth-order valence-corrected chi connectivity index (χ4v) is 1.99. The standard InChI is InChI=1S/C17H16F2N2O4/c18-17(19)25-14-7-2-1-4-12(14)9-21-15(22)10-24-13-6-3-5-11(8-13)16(20)23/h1-8,17H,9-10H2,(H2,20,23)(H,21,22). The predicted molar refractivity (Wildman–Crippen MR) is 85.4 cm³/mol. The molecule has 0 radical (unpaired) electrons. The maximum atomic E-state index is 12.3. The number of nitrogens with one attached hydrogen (secondary N) is 1. The summed E-state index contributed by atoms with van der Waals surface area (Å²) in [6.45, 7) is -3.25. The van der Waals surface area contributed by atoms with Crippen LogP contribution in [0.2, 0.25) is 0 Å². The number of ether oxygens (including phenoxy) is 2. The highest BCUT2D eigenvalue weighted by Crippen LogP contribution is 2.20.